The molecule has 1 heterocycles. The third kappa shape index (κ3) is 5.75. The highest BCUT2D eigenvalue weighted by atomic mass is 79.9. The maximum atomic E-state index is 12.0. The monoisotopic (exact) mass is 407 g/mol. The largest absolute Gasteiger partial charge is 0.444 e. The van der Waals surface area contributed by atoms with Crippen molar-refractivity contribution in [1.82, 2.24) is 10.9 Å². The van der Waals surface area contributed by atoms with Gasteiger partial charge in [-0.25, -0.2) is 0 Å². The number of rotatable bonds is 5. The summed E-state index contributed by atoms with van der Waals surface area (Å²) in [7, 11) is 0. The second-order valence-corrected chi connectivity index (χ2v) is 6.52. The quantitative estimate of drug-likeness (QED) is 0.662. The van der Waals surface area contributed by atoms with Crippen LogP contribution in [0.5, 0.6) is 0 Å². The Morgan fingerprint density at radius 2 is 1.64 bits per heavy atom. The van der Waals surface area contributed by atoms with Crippen molar-refractivity contribution in [2.75, 3.05) is 5.32 Å². The number of carbonyl (C=O) groups is 3. The van der Waals surface area contributed by atoms with Crippen LogP contribution in [0.25, 0.3) is 0 Å². The standard InChI is InChI=1S/C17H18BrN3O4/c1-10(2)9-15(22)19-12-5-3-11(4-6-12)16(23)20-21-17(24)13-7-8-14(18)25-13/h3-8,10H,9H2,1-2H3,(H,19,22)(H,20,23)(H,21,24). The van der Waals surface area contributed by atoms with Gasteiger partial charge in [-0.05, 0) is 58.2 Å². The van der Waals surface area contributed by atoms with Crippen molar-refractivity contribution in [3.63, 3.8) is 0 Å². The third-order valence-electron chi connectivity index (χ3n) is 3.11. The Kier molecular flexibility index (Phi) is 6.35. The molecule has 0 aliphatic heterocycles. The van der Waals surface area contributed by atoms with Crippen molar-refractivity contribution in [1.29, 1.82) is 0 Å². The third-order valence-corrected chi connectivity index (χ3v) is 3.54. The highest BCUT2D eigenvalue weighted by Crippen LogP contribution is 2.14. The molecule has 0 bridgehead atoms. The number of hydrazine groups is 1. The minimum Gasteiger partial charge on any atom is -0.444 e. The van der Waals surface area contributed by atoms with Crippen LogP contribution in [-0.2, 0) is 4.79 Å². The van der Waals surface area contributed by atoms with Crippen LogP contribution < -0.4 is 16.2 Å². The first-order valence-corrected chi connectivity index (χ1v) is 8.40. The van der Waals surface area contributed by atoms with Gasteiger partial charge in [0.25, 0.3) is 5.91 Å². The lowest BCUT2D eigenvalue weighted by molar-refractivity contribution is -0.116. The molecular weight excluding hydrogens is 390 g/mol. The van der Waals surface area contributed by atoms with Gasteiger partial charge in [-0.2, -0.15) is 0 Å². The maximum absolute atomic E-state index is 12.0. The molecule has 25 heavy (non-hydrogen) atoms. The van der Waals surface area contributed by atoms with Gasteiger partial charge in [0.1, 0.15) is 0 Å². The summed E-state index contributed by atoms with van der Waals surface area (Å²) < 4.78 is 5.49. The van der Waals surface area contributed by atoms with Crippen molar-refractivity contribution in [3.8, 4) is 0 Å². The van der Waals surface area contributed by atoms with E-state index in [9.17, 15) is 14.4 Å². The van der Waals surface area contributed by atoms with Gasteiger partial charge in [-0.1, -0.05) is 13.8 Å². The van der Waals surface area contributed by atoms with Crippen molar-refractivity contribution in [2.45, 2.75) is 20.3 Å². The minimum absolute atomic E-state index is 0.0652. The topological polar surface area (TPSA) is 100 Å². The van der Waals surface area contributed by atoms with Gasteiger partial charge in [0.15, 0.2) is 10.4 Å². The summed E-state index contributed by atoms with van der Waals surface area (Å²) >= 11 is 3.09. The van der Waals surface area contributed by atoms with E-state index in [-0.39, 0.29) is 17.6 Å². The summed E-state index contributed by atoms with van der Waals surface area (Å²) in [5, 5.41) is 2.76. The van der Waals surface area contributed by atoms with Gasteiger partial charge in [-0.15, -0.1) is 0 Å². The molecule has 132 valence electrons. The number of hydrogen-bond donors (Lipinski definition) is 3. The van der Waals surface area contributed by atoms with Gasteiger partial charge in [0.2, 0.25) is 5.91 Å². The molecule has 0 spiro atoms. The van der Waals surface area contributed by atoms with E-state index >= 15 is 0 Å². The highest BCUT2D eigenvalue weighted by molar-refractivity contribution is 9.10. The Morgan fingerprint density at radius 3 is 2.20 bits per heavy atom. The molecule has 3 amide bonds. The van der Waals surface area contributed by atoms with E-state index in [2.05, 4.69) is 32.1 Å². The smallest absolute Gasteiger partial charge is 0.305 e. The number of nitrogens with one attached hydrogen (secondary N) is 3. The van der Waals surface area contributed by atoms with E-state index in [1.807, 2.05) is 13.8 Å². The van der Waals surface area contributed by atoms with Gasteiger partial charge in [0, 0.05) is 17.7 Å². The molecular formula is C17H18BrN3O4. The second kappa shape index (κ2) is 8.48. The SMILES string of the molecule is CC(C)CC(=O)Nc1ccc(C(=O)NNC(=O)c2ccc(Br)o2)cc1. The summed E-state index contributed by atoms with van der Waals surface area (Å²) in [6.45, 7) is 3.92. The molecule has 0 atom stereocenters. The van der Waals surface area contributed by atoms with E-state index in [1.54, 1.807) is 30.3 Å². The zero-order valence-corrected chi connectivity index (χ0v) is 15.3. The fourth-order valence-corrected chi connectivity index (χ4v) is 2.28. The molecule has 0 aliphatic carbocycles. The van der Waals surface area contributed by atoms with Crippen molar-refractivity contribution in [2.24, 2.45) is 5.92 Å². The molecule has 1 aromatic heterocycles. The summed E-state index contributed by atoms with van der Waals surface area (Å²) in [5.74, 6) is -0.807. The number of anilines is 1. The van der Waals surface area contributed by atoms with Crippen LogP contribution in [0.1, 0.15) is 41.2 Å². The number of amides is 3. The summed E-state index contributed by atoms with van der Waals surface area (Å²) in [5.41, 5.74) is 5.49. The molecule has 0 unspecified atom stereocenters. The van der Waals surface area contributed by atoms with Gasteiger partial charge in [-0.3, -0.25) is 25.2 Å². The van der Waals surface area contributed by atoms with E-state index in [1.165, 1.54) is 6.07 Å². The lowest BCUT2D eigenvalue weighted by Gasteiger charge is -2.09. The van der Waals surface area contributed by atoms with Crippen molar-refractivity contribution < 1.29 is 18.8 Å². The lowest BCUT2D eigenvalue weighted by atomic mass is 10.1. The Balaban J connectivity index is 1.87. The fraction of sp³-hybridized carbons (Fsp3) is 0.235. The van der Waals surface area contributed by atoms with Crippen LogP contribution in [0.3, 0.4) is 0 Å². The van der Waals surface area contributed by atoms with Crippen LogP contribution in [0, 0.1) is 5.92 Å². The average molecular weight is 408 g/mol. The first-order valence-electron chi connectivity index (χ1n) is 7.61. The van der Waals surface area contributed by atoms with E-state index in [4.69, 9.17) is 4.42 Å². The van der Waals surface area contributed by atoms with E-state index < -0.39 is 11.8 Å². The normalized spacial score (nSPS) is 10.4. The molecule has 0 radical (unpaired) electrons. The molecule has 2 aromatic rings. The lowest BCUT2D eigenvalue weighted by Crippen LogP contribution is -2.41. The molecule has 0 saturated heterocycles. The zero-order valence-electron chi connectivity index (χ0n) is 13.8. The molecule has 0 saturated carbocycles. The van der Waals surface area contributed by atoms with Gasteiger partial charge < -0.3 is 9.73 Å². The first kappa shape index (κ1) is 18.7. The number of benzene rings is 1. The van der Waals surface area contributed by atoms with Crippen LogP contribution in [0.2, 0.25) is 0 Å². The van der Waals surface area contributed by atoms with Crippen LogP contribution in [0.15, 0.2) is 45.5 Å². The number of carbonyl (C=O) groups excluding carboxylic acids is 3. The summed E-state index contributed by atoms with van der Waals surface area (Å²) in [6.07, 6.45) is 0.428. The number of hydrogen-bond acceptors (Lipinski definition) is 4. The molecule has 3 N–H and O–H groups in total. The molecule has 2 rings (SSSR count). The number of halogens is 1. The van der Waals surface area contributed by atoms with Crippen LogP contribution >= 0.6 is 15.9 Å². The van der Waals surface area contributed by atoms with Crippen LogP contribution in [0.4, 0.5) is 5.69 Å². The minimum atomic E-state index is -0.573. The van der Waals surface area contributed by atoms with Gasteiger partial charge in [0.05, 0.1) is 0 Å². The molecule has 0 fully saturated rings. The zero-order chi connectivity index (χ0) is 18.4. The Bertz CT molecular complexity index is 768. The Morgan fingerprint density at radius 1 is 1.00 bits per heavy atom. The summed E-state index contributed by atoms with van der Waals surface area (Å²) in [6, 6.07) is 9.40. The Labute approximate surface area is 153 Å². The van der Waals surface area contributed by atoms with Crippen molar-refractivity contribution >= 4 is 39.3 Å². The molecule has 0 aliphatic rings. The predicted octanol–water partition coefficient (Wildman–Crippen LogP) is 3.10. The van der Waals surface area contributed by atoms with Crippen LogP contribution in [-0.4, -0.2) is 17.7 Å². The molecule has 8 heteroatoms. The predicted molar refractivity (Wildman–Crippen MR) is 95.9 cm³/mol. The Hall–Kier alpha value is -2.61. The summed E-state index contributed by atoms with van der Waals surface area (Å²) in [4.78, 5) is 35.5. The van der Waals surface area contributed by atoms with Crippen molar-refractivity contribution in [3.05, 3.63) is 52.4 Å². The average Bonchev–Trinajstić information content (AvgIpc) is 2.98. The molecule has 1 aromatic carbocycles. The second-order valence-electron chi connectivity index (χ2n) is 5.74. The highest BCUT2D eigenvalue weighted by Gasteiger charge is 2.12. The number of furan rings is 1. The first-order chi connectivity index (χ1) is 11.8. The van der Waals surface area contributed by atoms with E-state index in [0.717, 1.165) is 0 Å². The maximum Gasteiger partial charge on any atom is 0.305 e. The van der Waals surface area contributed by atoms with Gasteiger partial charge >= 0.3 is 5.91 Å². The fourth-order valence-electron chi connectivity index (χ4n) is 1.97. The molecule has 7 nitrogen and oxygen atoms in total. The van der Waals surface area contributed by atoms with E-state index in [0.29, 0.717) is 22.3 Å².